The molecule has 0 radical (unpaired) electrons. The minimum Gasteiger partial charge on any atom is -0.409 e. The molecule has 5 nitrogen and oxygen atoms in total. The van der Waals surface area contributed by atoms with Crippen LogP contribution in [0.3, 0.4) is 0 Å². The Morgan fingerprint density at radius 2 is 1.79 bits per heavy atom. The zero-order chi connectivity index (χ0) is 14.6. The molecular weight excluding hydrogens is 242 g/mol. The Hall–Kier alpha value is -1.26. The maximum Gasteiger partial charge on any atom is 0.231 e. The summed E-state index contributed by atoms with van der Waals surface area (Å²) in [5, 5.41) is 14.8. The summed E-state index contributed by atoms with van der Waals surface area (Å²) in [7, 11) is 0. The van der Waals surface area contributed by atoms with Crippen molar-refractivity contribution in [2.24, 2.45) is 34.6 Å². The average Bonchev–Trinajstić information content (AvgIpc) is 2.26. The number of amidine groups is 1. The molecule has 1 rings (SSSR count). The van der Waals surface area contributed by atoms with Gasteiger partial charge in [-0.1, -0.05) is 32.9 Å². The van der Waals surface area contributed by atoms with Crippen molar-refractivity contribution in [3.8, 4) is 0 Å². The zero-order valence-electron chi connectivity index (χ0n) is 12.4. The molecule has 3 atom stereocenters. The largest absolute Gasteiger partial charge is 0.409 e. The van der Waals surface area contributed by atoms with Gasteiger partial charge in [-0.25, -0.2) is 0 Å². The number of nitrogens with one attached hydrogen (secondary N) is 1. The molecule has 5 heteroatoms. The number of carbonyl (C=O) groups excluding carboxylic acids is 1. The number of carbonyl (C=O) groups is 1. The van der Waals surface area contributed by atoms with Gasteiger partial charge < -0.3 is 16.3 Å². The minimum atomic E-state index is -0.558. The Labute approximate surface area is 115 Å². The molecule has 4 N–H and O–H groups in total. The van der Waals surface area contributed by atoms with Crippen LogP contribution < -0.4 is 11.1 Å². The Kier molecular flexibility index (Phi) is 5.63. The lowest BCUT2D eigenvalue weighted by Crippen LogP contribution is -2.47. The van der Waals surface area contributed by atoms with Crippen LogP contribution in [0.2, 0.25) is 0 Å². The lowest BCUT2D eigenvalue weighted by Gasteiger charge is -2.33. The molecule has 1 fully saturated rings. The number of amides is 1. The van der Waals surface area contributed by atoms with E-state index >= 15 is 0 Å². The van der Waals surface area contributed by atoms with Crippen molar-refractivity contribution in [2.45, 2.75) is 53.0 Å². The van der Waals surface area contributed by atoms with Gasteiger partial charge in [-0.3, -0.25) is 4.79 Å². The molecule has 0 spiro atoms. The Morgan fingerprint density at radius 1 is 1.26 bits per heavy atom. The summed E-state index contributed by atoms with van der Waals surface area (Å²) in [6.07, 6.45) is 3.24. The normalized spacial score (nSPS) is 30.2. The molecule has 0 bridgehead atoms. The first kappa shape index (κ1) is 15.8. The molecule has 19 heavy (non-hydrogen) atoms. The highest BCUT2D eigenvalue weighted by Crippen LogP contribution is 2.28. The van der Waals surface area contributed by atoms with Crippen LogP contribution in [-0.2, 0) is 4.79 Å². The molecule has 1 aliphatic carbocycles. The first-order chi connectivity index (χ1) is 8.85. The predicted molar refractivity (Wildman–Crippen MR) is 75.8 cm³/mol. The second-order valence-corrected chi connectivity index (χ2v) is 6.37. The molecule has 1 aliphatic rings. The van der Waals surface area contributed by atoms with Gasteiger partial charge in [0.25, 0.3) is 0 Å². The fourth-order valence-corrected chi connectivity index (χ4v) is 3.20. The van der Waals surface area contributed by atoms with Crippen molar-refractivity contribution in [3.63, 3.8) is 0 Å². The third-order valence-corrected chi connectivity index (χ3v) is 3.91. The lowest BCUT2D eigenvalue weighted by atomic mass is 9.80. The molecule has 0 aromatic carbocycles. The van der Waals surface area contributed by atoms with Gasteiger partial charge >= 0.3 is 0 Å². The van der Waals surface area contributed by atoms with E-state index in [9.17, 15) is 4.79 Å². The second kappa shape index (κ2) is 6.78. The minimum absolute atomic E-state index is 0.00865. The number of oxime groups is 1. The number of rotatable bonds is 4. The Morgan fingerprint density at radius 3 is 2.21 bits per heavy atom. The van der Waals surface area contributed by atoms with Crippen LogP contribution >= 0.6 is 0 Å². The van der Waals surface area contributed by atoms with E-state index in [2.05, 4.69) is 24.3 Å². The quantitative estimate of drug-likeness (QED) is 0.315. The summed E-state index contributed by atoms with van der Waals surface area (Å²) in [4.78, 5) is 12.3. The highest BCUT2D eigenvalue weighted by atomic mass is 16.4. The SMILES string of the molecule is CC1CC(C)CC(NC(=O)C(C(N)=NO)C(C)C)C1. The van der Waals surface area contributed by atoms with Crippen LogP contribution in [0.1, 0.15) is 47.0 Å². The third kappa shape index (κ3) is 4.40. The smallest absolute Gasteiger partial charge is 0.231 e. The van der Waals surface area contributed by atoms with Crippen molar-refractivity contribution in [1.82, 2.24) is 5.32 Å². The highest BCUT2D eigenvalue weighted by Gasteiger charge is 2.31. The van der Waals surface area contributed by atoms with E-state index in [-0.39, 0.29) is 23.7 Å². The number of nitrogens with zero attached hydrogens (tertiary/aromatic N) is 1. The van der Waals surface area contributed by atoms with Crippen LogP contribution in [0.4, 0.5) is 0 Å². The maximum atomic E-state index is 12.3. The van der Waals surface area contributed by atoms with E-state index in [0.29, 0.717) is 11.8 Å². The molecule has 110 valence electrons. The van der Waals surface area contributed by atoms with Crippen LogP contribution in [-0.4, -0.2) is 23.0 Å². The van der Waals surface area contributed by atoms with Gasteiger partial charge in [0.1, 0.15) is 5.92 Å². The first-order valence-corrected chi connectivity index (χ1v) is 7.12. The topological polar surface area (TPSA) is 87.7 Å². The number of hydrogen-bond donors (Lipinski definition) is 3. The summed E-state index contributed by atoms with van der Waals surface area (Å²) in [5.41, 5.74) is 5.62. The summed E-state index contributed by atoms with van der Waals surface area (Å²) < 4.78 is 0. The van der Waals surface area contributed by atoms with E-state index in [1.807, 2.05) is 13.8 Å². The zero-order valence-corrected chi connectivity index (χ0v) is 12.4. The van der Waals surface area contributed by atoms with E-state index in [1.54, 1.807) is 0 Å². The lowest BCUT2D eigenvalue weighted by molar-refractivity contribution is -0.125. The summed E-state index contributed by atoms with van der Waals surface area (Å²) in [6, 6.07) is 0.207. The number of hydrogen-bond acceptors (Lipinski definition) is 3. The Bertz CT molecular complexity index is 332. The third-order valence-electron chi connectivity index (χ3n) is 3.91. The second-order valence-electron chi connectivity index (χ2n) is 6.37. The van der Waals surface area contributed by atoms with Gasteiger partial charge in [-0.15, -0.1) is 0 Å². The Balaban J connectivity index is 2.66. The summed E-state index contributed by atoms with van der Waals surface area (Å²) in [6.45, 7) is 8.24. The molecule has 3 unspecified atom stereocenters. The summed E-state index contributed by atoms with van der Waals surface area (Å²) in [5.74, 6) is 0.582. The number of nitrogens with two attached hydrogens (primary N) is 1. The summed E-state index contributed by atoms with van der Waals surface area (Å²) >= 11 is 0. The molecule has 0 aromatic heterocycles. The van der Waals surface area contributed by atoms with Crippen LogP contribution in [0.5, 0.6) is 0 Å². The molecular formula is C14H27N3O2. The van der Waals surface area contributed by atoms with Crippen molar-refractivity contribution < 1.29 is 10.0 Å². The van der Waals surface area contributed by atoms with Crippen molar-refractivity contribution in [1.29, 1.82) is 0 Å². The fourth-order valence-electron chi connectivity index (χ4n) is 3.20. The molecule has 0 saturated heterocycles. The van der Waals surface area contributed by atoms with Crippen LogP contribution in [0.25, 0.3) is 0 Å². The van der Waals surface area contributed by atoms with E-state index in [0.717, 1.165) is 12.8 Å². The van der Waals surface area contributed by atoms with Gasteiger partial charge in [-0.05, 0) is 37.0 Å². The first-order valence-electron chi connectivity index (χ1n) is 7.12. The molecule has 0 aliphatic heterocycles. The predicted octanol–water partition coefficient (Wildman–Crippen LogP) is 1.95. The monoisotopic (exact) mass is 269 g/mol. The average molecular weight is 269 g/mol. The van der Waals surface area contributed by atoms with Crippen molar-refractivity contribution in [3.05, 3.63) is 0 Å². The highest BCUT2D eigenvalue weighted by molar-refractivity contribution is 6.02. The van der Waals surface area contributed by atoms with Gasteiger partial charge in [0.2, 0.25) is 5.91 Å². The van der Waals surface area contributed by atoms with Crippen LogP contribution in [0.15, 0.2) is 5.16 Å². The van der Waals surface area contributed by atoms with E-state index in [4.69, 9.17) is 10.9 Å². The van der Waals surface area contributed by atoms with E-state index < -0.39 is 5.92 Å². The molecule has 0 heterocycles. The van der Waals surface area contributed by atoms with Crippen molar-refractivity contribution in [2.75, 3.05) is 0 Å². The van der Waals surface area contributed by atoms with E-state index in [1.165, 1.54) is 6.42 Å². The maximum absolute atomic E-state index is 12.3. The van der Waals surface area contributed by atoms with Gasteiger partial charge in [0.15, 0.2) is 5.84 Å². The van der Waals surface area contributed by atoms with Crippen LogP contribution in [0, 0.1) is 23.7 Å². The molecule has 0 aromatic rings. The van der Waals surface area contributed by atoms with Crippen molar-refractivity contribution >= 4 is 11.7 Å². The van der Waals surface area contributed by atoms with Gasteiger partial charge in [-0.2, -0.15) is 0 Å². The molecule has 1 saturated carbocycles. The standard InChI is InChI=1S/C14H27N3O2/c1-8(2)12(13(15)17-19)14(18)16-11-6-9(3)5-10(4)7-11/h8-12,19H,5-7H2,1-4H3,(H2,15,17)(H,16,18). The molecule has 1 amide bonds. The van der Waals surface area contributed by atoms with Gasteiger partial charge in [0, 0.05) is 6.04 Å². The fraction of sp³-hybridized carbons (Fsp3) is 0.857. The van der Waals surface area contributed by atoms with Gasteiger partial charge in [0.05, 0.1) is 0 Å².